The molecule has 0 saturated heterocycles. The monoisotopic (exact) mass is 247 g/mol. The molecule has 0 amide bonds. The summed E-state index contributed by atoms with van der Waals surface area (Å²) in [7, 11) is 0. The molecule has 0 saturated carbocycles. The lowest BCUT2D eigenvalue weighted by atomic mass is 10.1. The van der Waals surface area contributed by atoms with Gasteiger partial charge in [0.15, 0.2) is 17.3 Å². The highest BCUT2D eigenvalue weighted by Gasteiger charge is 2.23. The van der Waals surface area contributed by atoms with Crippen molar-refractivity contribution in [2.75, 3.05) is 6.79 Å². The molecule has 3 rings (SSSR count). The van der Waals surface area contributed by atoms with Crippen molar-refractivity contribution in [2.24, 2.45) is 5.73 Å². The molecule has 0 aliphatic carbocycles. The predicted octanol–water partition coefficient (Wildman–Crippen LogP) is 1.66. The van der Waals surface area contributed by atoms with E-state index in [1.165, 1.54) is 0 Å². The van der Waals surface area contributed by atoms with Crippen molar-refractivity contribution in [3.05, 3.63) is 24.0 Å². The van der Waals surface area contributed by atoms with Crippen LogP contribution in [-0.2, 0) is 5.54 Å². The van der Waals surface area contributed by atoms with E-state index in [4.69, 9.17) is 19.7 Å². The Morgan fingerprint density at radius 1 is 1.22 bits per heavy atom. The van der Waals surface area contributed by atoms with Gasteiger partial charge in [0.2, 0.25) is 6.79 Å². The molecule has 1 aromatic heterocycles. The molecule has 2 aromatic rings. The zero-order chi connectivity index (χ0) is 12.8. The number of nitrogens with two attached hydrogens (primary N) is 1. The Morgan fingerprint density at radius 3 is 2.72 bits per heavy atom. The molecule has 0 atom stereocenters. The zero-order valence-electron chi connectivity index (χ0n) is 10.1. The minimum Gasteiger partial charge on any atom is -0.454 e. The van der Waals surface area contributed by atoms with Gasteiger partial charge < -0.3 is 19.7 Å². The third kappa shape index (κ3) is 1.80. The molecule has 2 heterocycles. The van der Waals surface area contributed by atoms with Crippen LogP contribution < -0.4 is 15.2 Å². The molecule has 6 heteroatoms. The van der Waals surface area contributed by atoms with Gasteiger partial charge in [0, 0.05) is 5.56 Å². The van der Waals surface area contributed by atoms with Crippen LogP contribution in [0.25, 0.3) is 11.5 Å². The van der Waals surface area contributed by atoms with Gasteiger partial charge in [0.25, 0.3) is 5.89 Å². The van der Waals surface area contributed by atoms with Gasteiger partial charge >= 0.3 is 0 Å². The van der Waals surface area contributed by atoms with E-state index in [0.29, 0.717) is 17.5 Å². The van der Waals surface area contributed by atoms with Gasteiger partial charge in [0.05, 0.1) is 5.54 Å². The van der Waals surface area contributed by atoms with Gasteiger partial charge in [-0.15, -0.1) is 0 Å². The second kappa shape index (κ2) is 3.71. The molecule has 0 fully saturated rings. The molecule has 0 bridgehead atoms. The SMILES string of the molecule is CC(C)(N)c1noc(-c2ccc3c(c2)OCO3)n1. The zero-order valence-corrected chi connectivity index (χ0v) is 10.1. The Kier molecular flexibility index (Phi) is 2.27. The summed E-state index contributed by atoms with van der Waals surface area (Å²) in [6.07, 6.45) is 0. The number of nitrogens with zero attached hydrogens (tertiary/aromatic N) is 2. The summed E-state index contributed by atoms with van der Waals surface area (Å²) in [5.74, 6) is 2.29. The lowest BCUT2D eigenvalue weighted by Crippen LogP contribution is -2.30. The molecule has 94 valence electrons. The van der Waals surface area contributed by atoms with Crippen LogP contribution >= 0.6 is 0 Å². The molecular weight excluding hydrogens is 234 g/mol. The highest BCUT2D eigenvalue weighted by molar-refractivity contribution is 5.60. The summed E-state index contributed by atoms with van der Waals surface area (Å²) in [6.45, 7) is 3.88. The second-order valence-electron chi connectivity index (χ2n) is 4.71. The van der Waals surface area contributed by atoms with Gasteiger partial charge in [-0.25, -0.2) is 0 Å². The Balaban J connectivity index is 1.98. The molecule has 1 aromatic carbocycles. The molecular formula is C12H13N3O3. The molecule has 18 heavy (non-hydrogen) atoms. The van der Waals surface area contributed by atoms with E-state index in [1.807, 2.05) is 32.0 Å². The van der Waals surface area contributed by atoms with Gasteiger partial charge in [-0.05, 0) is 32.0 Å². The van der Waals surface area contributed by atoms with Crippen LogP contribution in [-0.4, -0.2) is 16.9 Å². The molecule has 2 N–H and O–H groups in total. The van der Waals surface area contributed by atoms with Crippen molar-refractivity contribution in [1.29, 1.82) is 0 Å². The second-order valence-corrected chi connectivity index (χ2v) is 4.71. The summed E-state index contributed by atoms with van der Waals surface area (Å²) in [5, 5.41) is 3.87. The summed E-state index contributed by atoms with van der Waals surface area (Å²) < 4.78 is 15.7. The van der Waals surface area contributed by atoms with E-state index >= 15 is 0 Å². The number of hydrogen-bond acceptors (Lipinski definition) is 6. The van der Waals surface area contributed by atoms with Crippen molar-refractivity contribution in [2.45, 2.75) is 19.4 Å². The number of benzene rings is 1. The van der Waals surface area contributed by atoms with E-state index in [1.54, 1.807) is 0 Å². The Hall–Kier alpha value is -2.08. The molecule has 0 radical (unpaired) electrons. The maximum Gasteiger partial charge on any atom is 0.258 e. The molecule has 6 nitrogen and oxygen atoms in total. The third-order valence-corrected chi connectivity index (χ3v) is 2.62. The topological polar surface area (TPSA) is 83.4 Å². The van der Waals surface area contributed by atoms with Crippen LogP contribution in [0, 0.1) is 0 Å². The minimum atomic E-state index is -0.627. The van der Waals surface area contributed by atoms with Crippen LogP contribution in [0.3, 0.4) is 0 Å². The maximum absolute atomic E-state index is 5.91. The van der Waals surface area contributed by atoms with Crippen molar-refractivity contribution < 1.29 is 14.0 Å². The first-order valence-electron chi connectivity index (χ1n) is 5.57. The van der Waals surface area contributed by atoms with Gasteiger partial charge in [-0.2, -0.15) is 4.98 Å². The van der Waals surface area contributed by atoms with Crippen LogP contribution in [0.5, 0.6) is 11.5 Å². The van der Waals surface area contributed by atoms with Crippen LogP contribution in [0.1, 0.15) is 19.7 Å². The number of hydrogen-bond donors (Lipinski definition) is 1. The lowest BCUT2D eigenvalue weighted by molar-refractivity contribution is 0.174. The number of ether oxygens (including phenoxy) is 2. The minimum absolute atomic E-state index is 0.240. The maximum atomic E-state index is 5.91. The summed E-state index contributed by atoms with van der Waals surface area (Å²) in [5.41, 5.74) is 6.06. The van der Waals surface area contributed by atoms with Crippen LogP contribution in [0.2, 0.25) is 0 Å². The standard InChI is InChI=1S/C12H13N3O3/c1-12(2,13)11-14-10(18-15-11)7-3-4-8-9(5-7)17-6-16-8/h3-5H,6,13H2,1-2H3. The Morgan fingerprint density at radius 2 is 2.00 bits per heavy atom. The third-order valence-electron chi connectivity index (χ3n) is 2.62. The molecule has 0 spiro atoms. The van der Waals surface area contributed by atoms with Crippen molar-refractivity contribution in [3.63, 3.8) is 0 Å². The fraction of sp³-hybridized carbons (Fsp3) is 0.333. The normalized spacial score (nSPS) is 13.9. The number of aromatic nitrogens is 2. The largest absolute Gasteiger partial charge is 0.454 e. The highest BCUT2D eigenvalue weighted by atomic mass is 16.7. The Bertz CT molecular complexity index is 586. The van der Waals surface area contributed by atoms with E-state index in [2.05, 4.69) is 10.1 Å². The average Bonchev–Trinajstić information content (AvgIpc) is 2.96. The first-order chi connectivity index (χ1) is 8.54. The first-order valence-corrected chi connectivity index (χ1v) is 5.57. The lowest BCUT2D eigenvalue weighted by Gasteiger charge is -2.11. The predicted molar refractivity (Wildman–Crippen MR) is 63.1 cm³/mol. The van der Waals surface area contributed by atoms with Crippen molar-refractivity contribution in [1.82, 2.24) is 10.1 Å². The first kappa shape index (κ1) is 11.0. The summed E-state index contributed by atoms with van der Waals surface area (Å²) in [4.78, 5) is 4.28. The summed E-state index contributed by atoms with van der Waals surface area (Å²) in [6, 6.07) is 5.46. The van der Waals surface area contributed by atoms with Crippen molar-refractivity contribution >= 4 is 0 Å². The molecule has 1 aliphatic heterocycles. The quantitative estimate of drug-likeness (QED) is 0.868. The average molecular weight is 247 g/mol. The van der Waals surface area contributed by atoms with Gasteiger partial charge in [-0.3, -0.25) is 0 Å². The highest BCUT2D eigenvalue weighted by Crippen LogP contribution is 2.35. The number of rotatable bonds is 2. The van der Waals surface area contributed by atoms with E-state index in [9.17, 15) is 0 Å². The van der Waals surface area contributed by atoms with Crippen molar-refractivity contribution in [3.8, 4) is 23.0 Å². The van der Waals surface area contributed by atoms with Crippen LogP contribution in [0.15, 0.2) is 22.7 Å². The number of fused-ring (bicyclic) bond motifs is 1. The van der Waals surface area contributed by atoms with E-state index < -0.39 is 5.54 Å². The van der Waals surface area contributed by atoms with E-state index in [-0.39, 0.29) is 6.79 Å². The summed E-state index contributed by atoms with van der Waals surface area (Å²) >= 11 is 0. The van der Waals surface area contributed by atoms with Gasteiger partial charge in [-0.1, -0.05) is 5.16 Å². The smallest absolute Gasteiger partial charge is 0.258 e. The van der Waals surface area contributed by atoms with E-state index in [0.717, 1.165) is 11.3 Å². The Labute approximate surface area is 104 Å². The van der Waals surface area contributed by atoms with Crippen LogP contribution in [0.4, 0.5) is 0 Å². The fourth-order valence-corrected chi connectivity index (χ4v) is 1.63. The fourth-order valence-electron chi connectivity index (χ4n) is 1.63. The van der Waals surface area contributed by atoms with Gasteiger partial charge in [0.1, 0.15) is 0 Å². The molecule has 1 aliphatic rings. The molecule has 0 unspecified atom stereocenters.